The van der Waals surface area contributed by atoms with Crippen molar-refractivity contribution in [2.45, 2.75) is 25.7 Å². The second kappa shape index (κ2) is 12.7. The maximum absolute atomic E-state index is 9.70. The third-order valence-corrected chi connectivity index (χ3v) is 4.64. The second-order valence-electron chi connectivity index (χ2n) is 6.76. The second-order valence-corrected chi connectivity index (χ2v) is 6.76. The third kappa shape index (κ3) is 7.46. The maximum atomic E-state index is 9.70. The average molecular weight is 482 g/mol. The fourth-order valence-electron chi connectivity index (χ4n) is 2.99. The van der Waals surface area contributed by atoms with Crippen molar-refractivity contribution in [1.82, 2.24) is 15.6 Å². The molecule has 1 aromatic heterocycles. The first-order chi connectivity index (χ1) is 12.7. The lowest BCUT2D eigenvalue weighted by Crippen LogP contribution is -2.42. The van der Waals surface area contributed by atoms with Gasteiger partial charge in [0.1, 0.15) is 0 Å². The molecule has 0 spiro atoms. The van der Waals surface area contributed by atoms with Gasteiger partial charge in [0.25, 0.3) is 0 Å². The zero-order chi connectivity index (χ0) is 18.8. The van der Waals surface area contributed by atoms with E-state index in [-0.39, 0.29) is 36.5 Å². The van der Waals surface area contributed by atoms with E-state index in [1.807, 2.05) is 42.6 Å². The van der Waals surface area contributed by atoms with Gasteiger partial charge in [0.15, 0.2) is 5.96 Å². The quantitative estimate of drug-likeness (QED) is 0.307. The lowest BCUT2D eigenvalue weighted by atomic mass is 9.89. The van der Waals surface area contributed by atoms with Gasteiger partial charge in [0, 0.05) is 44.4 Å². The summed E-state index contributed by atoms with van der Waals surface area (Å²) in [7, 11) is 1.76. The summed E-state index contributed by atoms with van der Waals surface area (Å²) >= 11 is 0. The predicted octanol–water partition coefficient (Wildman–Crippen LogP) is 3.38. The summed E-state index contributed by atoms with van der Waals surface area (Å²) in [6.45, 7) is 5.93. The van der Waals surface area contributed by atoms with E-state index in [1.54, 1.807) is 13.2 Å². The predicted molar refractivity (Wildman–Crippen MR) is 123 cm³/mol. The molecule has 0 fully saturated rings. The molecule has 0 aliphatic carbocycles. The van der Waals surface area contributed by atoms with Crippen LogP contribution >= 0.6 is 24.0 Å². The number of aromatic nitrogens is 1. The van der Waals surface area contributed by atoms with Crippen LogP contribution in [0.4, 0.5) is 0 Å². The molecule has 148 valence electrons. The molecule has 0 radical (unpaired) electrons. The number of rotatable bonds is 8. The largest absolute Gasteiger partial charge is 0.396 e. The number of pyridine rings is 1. The molecule has 0 saturated carbocycles. The van der Waals surface area contributed by atoms with Gasteiger partial charge in [-0.1, -0.05) is 50.2 Å². The topological polar surface area (TPSA) is 69.5 Å². The Morgan fingerprint density at radius 1 is 1.04 bits per heavy atom. The molecule has 27 heavy (non-hydrogen) atoms. The van der Waals surface area contributed by atoms with Gasteiger partial charge in [0.05, 0.1) is 6.61 Å². The summed E-state index contributed by atoms with van der Waals surface area (Å²) in [5.74, 6) is 1.62. The highest BCUT2D eigenvalue weighted by Crippen LogP contribution is 2.22. The maximum Gasteiger partial charge on any atom is 0.191 e. The van der Waals surface area contributed by atoms with Crippen LogP contribution in [-0.4, -0.2) is 42.8 Å². The van der Waals surface area contributed by atoms with Gasteiger partial charge in [0.2, 0.25) is 0 Å². The minimum atomic E-state index is 0. The molecule has 0 saturated heterocycles. The average Bonchev–Trinajstić information content (AvgIpc) is 2.68. The van der Waals surface area contributed by atoms with Gasteiger partial charge in [-0.3, -0.25) is 9.98 Å². The van der Waals surface area contributed by atoms with Crippen LogP contribution in [0.1, 0.15) is 36.8 Å². The number of guanidine groups is 1. The Balaban J connectivity index is 0.00000364. The first-order valence-corrected chi connectivity index (χ1v) is 9.16. The van der Waals surface area contributed by atoms with Gasteiger partial charge < -0.3 is 15.7 Å². The molecule has 0 aliphatic heterocycles. The molecule has 1 aromatic carbocycles. The van der Waals surface area contributed by atoms with Crippen LogP contribution in [0.3, 0.4) is 0 Å². The normalized spacial score (nSPS) is 13.6. The molecular weight excluding hydrogens is 451 g/mol. The Kier molecular flexibility index (Phi) is 11.0. The van der Waals surface area contributed by atoms with Crippen LogP contribution in [0, 0.1) is 5.92 Å². The molecule has 0 aliphatic rings. The van der Waals surface area contributed by atoms with Gasteiger partial charge in [-0.05, 0) is 23.1 Å². The van der Waals surface area contributed by atoms with E-state index >= 15 is 0 Å². The summed E-state index contributed by atoms with van der Waals surface area (Å²) in [6, 6.07) is 14.1. The number of hydrogen-bond acceptors (Lipinski definition) is 3. The highest BCUT2D eigenvalue weighted by atomic mass is 127. The minimum Gasteiger partial charge on any atom is -0.396 e. The first-order valence-electron chi connectivity index (χ1n) is 9.16. The monoisotopic (exact) mass is 482 g/mol. The highest BCUT2D eigenvalue weighted by molar-refractivity contribution is 14.0. The van der Waals surface area contributed by atoms with Crippen LogP contribution in [0.5, 0.6) is 0 Å². The lowest BCUT2D eigenvalue weighted by molar-refractivity contribution is 0.265. The van der Waals surface area contributed by atoms with E-state index in [0.717, 1.165) is 18.1 Å². The van der Waals surface area contributed by atoms with Crippen molar-refractivity contribution < 1.29 is 5.11 Å². The standard InChI is InChI=1S/C21H30N4O.HI/c1-16(2)20(18-10-7-11-23-12-18)14-25-21(22-3)24-13-19(15-26)17-8-5-4-6-9-17;/h4-12,16,19-20,26H,13-15H2,1-3H3,(H2,22,24,25);1H. The molecule has 6 heteroatoms. The summed E-state index contributed by atoms with van der Waals surface area (Å²) in [6.07, 6.45) is 3.73. The van der Waals surface area contributed by atoms with Crippen LogP contribution in [0.15, 0.2) is 59.9 Å². The van der Waals surface area contributed by atoms with E-state index in [1.165, 1.54) is 5.56 Å². The van der Waals surface area contributed by atoms with Gasteiger partial charge in [-0.15, -0.1) is 24.0 Å². The van der Waals surface area contributed by atoms with E-state index in [2.05, 4.69) is 40.5 Å². The smallest absolute Gasteiger partial charge is 0.191 e. The lowest BCUT2D eigenvalue weighted by Gasteiger charge is -2.23. The van der Waals surface area contributed by atoms with E-state index in [9.17, 15) is 5.11 Å². The molecule has 2 rings (SSSR count). The van der Waals surface area contributed by atoms with Crippen molar-refractivity contribution in [2.24, 2.45) is 10.9 Å². The molecule has 2 atom stereocenters. The number of halogens is 1. The fourth-order valence-corrected chi connectivity index (χ4v) is 2.99. The number of aliphatic hydroxyl groups is 1. The third-order valence-electron chi connectivity index (χ3n) is 4.64. The summed E-state index contributed by atoms with van der Waals surface area (Å²) < 4.78 is 0. The van der Waals surface area contributed by atoms with E-state index in [0.29, 0.717) is 18.4 Å². The van der Waals surface area contributed by atoms with Crippen molar-refractivity contribution in [2.75, 3.05) is 26.7 Å². The van der Waals surface area contributed by atoms with E-state index in [4.69, 9.17) is 0 Å². The number of benzene rings is 1. The number of nitrogens with one attached hydrogen (secondary N) is 2. The number of aliphatic imine (C=N–C) groups is 1. The highest BCUT2D eigenvalue weighted by Gasteiger charge is 2.17. The van der Waals surface area contributed by atoms with Gasteiger partial charge in [-0.2, -0.15) is 0 Å². The van der Waals surface area contributed by atoms with Crippen molar-refractivity contribution in [3.05, 3.63) is 66.0 Å². The number of hydrogen-bond donors (Lipinski definition) is 3. The van der Waals surface area contributed by atoms with Crippen LogP contribution in [-0.2, 0) is 0 Å². The molecule has 3 N–H and O–H groups in total. The Bertz CT molecular complexity index is 664. The van der Waals surface area contributed by atoms with Gasteiger partial charge >= 0.3 is 0 Å². The molecular formula is C21H31IN4O. The Morgan fingerprint density at radius 2 is 1.70 bits per heavy atom. The molecule has 2 unspecified atom stereocenters. The number of aliphatic hydroxyl groups excluding tert-OH is 1. The fraction of sp³-hybridized carbons (Fsp3) is 0.429. The summed E-state index contributed by atoms with van der Waals surface area (Å²) in [5, 5.41) is 16.4. The van der Waals surface area contributed by atoms with Crippen LogP contribution in [0.25, 0.3) is 0 Å². The van der Waals surface area contributed by atoms with Crippen LogP contribution in [0.2, 0.25) is 0 Å². The molecule has 0 amide bonds. The van der Waals surface area contributed by atoms with Crippen molar-refractivity contribution in [3.63, 3.8) is 0 Å². The summed E-state index contributed by atoms with van der Waals surface area (Å²) in [5.41, 5.74) is 2.34. The molecule has 1 heterocycles. The molecule has 5 nitrogen and oxygen atoms in total. The zero-order valence-electron chi connectivity index (χ0n) is 16.3. The van der Waals surface area contributed by atoms with Crippen LogP contribution < -0.4 is 10.6 Å². The Morgan fingerprint density at radius 3 is 2.26 bits per heavy atom. The van der Waals surface area contributed by atoms with Crippen molar-refractivity contribution in [3.8, 4) is 0 Å². The SMILES string of the molecule is CN=C(NCC(CO)c1ccccc1)NCC(c1cccnc1)C(C)C.I. The Hall–Kier alpha value is -1.67. The van der Waals surface area contributed by atoms with Crippen molar-refractivity contribution >= 4 is 29.9 Å². The molecule has 2 aromatic rings. The summed E-state index contributed by atoms with van der Waals surface area (Å²) in [4.78, 5) is 8.55. The molecule has 0 bridgehead atoms. The van der Waals surface area contributed by atoms with E-state index < -0.39 is 0 Å². The zero-order valence-corrected chi connectivity index (χ0v) is 18.6. The first kappa shape index (κ1) is 23.4. The minimum absolute atomic E-state index is 0. The number of nitrogens with zero attached hydrogens (tertiary/aromatic N) is 2. The Labute approximate surface area is 179 Å². The van der Waals surface area contributed by atoms with Crippen molar-refractivity contribution in [1.29, 1.82) is 0 Å². The van der Waals surface area contributed by atoms with Gasteiger partial charge in [-0.25, -0.2) is 0 Å².